The standard InChI is InChI=1S/C35H41N5O5.2ClH/c1-6-39-30-12-10-28(23-31(30)37(4)33(42)35(2,3)34(39)43)45-21-7-18-38(24-25-14-16-36-17-15-25)19-20-40-29-11-9-27(44-5)22-26(29)8-13-32(40)41;;/h8-17,22-23H,6-7,18-21,24H2,1-5H3;2*1H. The Balaban J connectivity index is 0.00000300. The molecule has 5 rings (SSSR count). The van der Waals surface area contributed by atoms with Crippen LogP contribution in [-0.2, 0) is 22.7 Å². The predicted octanol–water partition coefficient (Wildman–Crippen LogP) is 5.58. The van der Waals surface area contributed by atoms with Gasteiger partial charge in [0.25, 0.3) is 5.56 Å². The fourth-order valence-corrected chi connectivity index (χ4v) is 5.85. The summed E-state index contributed by atoms with van der Waals surface area (Å²) in [6.07, 6.45) is 4.31. The quantitative estimate of drug-likeness (QED) is 0.142. The second-order valence-corrected chi connectivity index (χ2v) is 11.8. The summed E-state index contributed by atoms with van der Waals surface area (Å²) in [6, 6.07) is 18.7. The average Bonchev–Trinajstić information content (AvgIpc) is 3.10. The minimum Gasteiger partial charge on any atom is -0.497 e. The number of aromatic nitrogens is 2. The molecule has 0 radical (unpaired) electrons. The van der Waals surface area contributed by atoms with Crippen LogP contribution in [-0.4, -0.2) is 66.7 Å². The highest BCUT2D eigenvalue weighted by molar-refractivity contribution is 6.20. The van der Waals surface area contributed by atoms with Gasteiger partial charge in [-0.1, -0.05) is 0 Å². The molecule has 2 aromatic carbocycles. The Morgan fingerprint density at radius 1 is 0.851 bits per heavy atom. The summed E-state index contributed by atoms with van der Waals surface area (Å²) in [6.45, 7) is 8.81. The molecule has 2 aromatic heterocycles. The van der Waals surface area contributed by atoms with E-state index in [0.717, 1.165) is 35.2 Å². The van der Waals surface area contributed by atoms with Gasteiger partial charge in [-0.15, -0.1) is 24.8 Å². The second-order valence-electron chi connectivity index (χ2n) is 11.8. The first-order valence-corrected chi connectivity index (χ1v) is 15.3. The number of nitrogens with zero attached hydrogens (tertiary/aromatic N) is 5. The van der Waals surface area contributed by atoms with Gasteiger partial charge in [0.1, 0.15) is 16.9 Å². The highest BCUT2D eigenvalue weighted by atomic mass is 35.5. The van der Waals surface area contributed by atoms with Crippen molar-refractivity contribution in [3.05, 3.63) is 89.0 Å². The Morgan fingerprint density at radius 2 is 1.57 bits per heavy atom. The number of hydrogen-bond acceptors (Lipinski definition) is 7. The third-order valence-corrected chi connectivity index (χ3v) is 8.41. The maximum Gasteiger partial charge on any atom is 0.251 e. The van der Waals surface area contributed by atoms with Crippen molar-refractivity contribution in [2.45, 2.75) is 40.3 Å². The molecule has 1 aliphatic rings. The number of rotatable bonds is 12. The molecule has 2 amide bonds. The van der Waals surface area contributed by atoms with Crippen LogP contribution in [0.3, 0.4) is 0 Å². The zero-order valence-corrected chi connectivity index (χ0v) is 29.1. The molecule has 12 heteroatoms. The van der Waals surface area contributed by atoms with Crippen LogP contribution in [0.4, 0.5) is 11.4 Å². The van der Waals surface area contributed by atoms with E-state index >= 15 is 0 Å². The van der Waals surface area contributed by atoms with E-state index in [0.29, 0.717) is 49.9 Å². The van der Waals surface area contributed by atoms with Gasteiger partial charge < -0.3 is 23.8 Å². The lowest BCUT2D eigenvalue weighted by Crippen LogP contribution is -2.47. The van der Waals surface area contributed by atoms with Gasteiger partial charge in [-0.05, 0) is 81.3 Å². The lowest BCUT2D eigenvalue weighted by Gasteiger charge is -2.27. The van der Waals surface area contributed by atoms with Gasteiger partial charge in [0.2, 0.25) is 11.8 Å². The summed E-state index contributed by atoms with van der Waals surface area (Å²) in [5, 5.41) is 0.950. The normalized spacial score (nSPS) is 13.9. The van der Waals surface area contributed by atoms with Crippen LogP contribution in [0.5, 0.6) is 11.5 Å². The van der Waals surface area contributed by atoms with Crippen molar-refractivity contribution in [2.24, 2.45) is 5.41 Å². The van der Waals surface area contributed by atoms with E-state index in [9.17, 15) is 14.4 Å². The molecule has 47 heavy (non-hydrogen) atoms. The summed E-state index contributed by atoms with van der Waals surface area (Å²) in [7, 11) is 3.33. The van der Waals surface area contributed by atoms with Crippen LogP contribution in [0, 0.1) is 5.41 Å². The van der Waals surface area contributed by atoms with Gasteiger partial charge in [-0.25, -0.2) is 0 Å². The third kappa shape index (κ3) is 8.06. The van der Waals surface area contributed by atoms with Crippen LogP contribution in [0.1, 0.15) is 32.8 Å². The van der Waals surface area contributed by atoms with E-state index in [1.54, 1.807) is 56.3 Å². The molecule has 10 nitrogen and oxygen atoms in total. The topological polar surface area (TPSA) is 97.2 Å². The number of ether oxygens (including phenoxy) is 2. The van der Waals surface area contributed by atoms with Gasteiger partial charge in [0, 0.05) is 69.7 Å². The molecule has 0 saturated carbocycles. The predicted molar refractivity (Wildman–Crippen MR) is 191 cm³/mol. The van der Waals surface area contributed by atoms with Crippen LogP contribution in [0.25, 0.3) is 10.9 Å². The molecule has 0 fully saturated rings. The monoisotopic (exact) mass is 683 g/mol. The summed E-state index contributed by atoms with van der Waals surface area (Å²) in [5.74, 6) is 0.918. The van der Waals surface area contributed by atoms with Crippen LogP contribution in [0.2, 0.25) is 0 Å². The van der Waals surface area contributed by atoms with E-state index in [4.69, 9.17) is 9.47 Å². The smallest absolute Gasteiger partial charge is 0.251 e. The molecule has 0 atom stereocenters. The molecule has 252 valence electrons. The number of methoxy groups -OCH3 is 1. The largest absolute Gasteiger partial charge is 0.497 e. The highest BCUT2D eigenvalue weighted by Gasteiger charge is 2.45. The Kier molecular flexibility index (Phi) is 12.8. The highest BCUT2D eigenvalue weighted by Crippen LogP contribution is 2.40. The molecule has 0 unspecified atom stereocenters. The second kappa shape index (κ2) is 16.1. The number of carbonyl (C=O) groups excluding carboxylic acids is 2. The van der Waals surface area contributed by atoms with Crippen molar-refractivity contribution < 1.29 is 19.1 Å². The molecule has 0 aliphatic carbocycles. The fourth-order valence-electron chi connectivity index (χ4n) is 5.85. The summed E-state index contributed by atoms with van der Waals surface area (Å²) >= 11 is 0. The van der Waals surface area contributed by atoms with Crippen molar-refractivity contribution in [1.29, 1.82) is 0 Å². The van der Waals surface area contributed by atoms with Gasteiger partial charge in [0.05, 0.1) is 30.6 Å². The zero-order valence-electron chi connectivity index (χ0n) is 27.5. The van der Waals surface area contributed by atoms with Crippen LogP contribution in [0.15, 0.2) is 77.9 Å². The van der Waals surface area contributed by atoms with Gasteiger partial charge in [0.15, 0.2) is 0 Å². The zero-order chi connectivity index (χ0) is 32.1. The first-order valence-electron chi connectivity index (χ1n) is 15.3. The van der Waals surface area contributed by atoms with Gasteiger partial charge in [-0.2, -0.15) is 0 Å². The van der Waals surface area contributed by atoms with Gasteiger partial charge in [-0.3, -0.25) is 24.3 Å². The van der Waals surface area contributed by atoms with Crippen molar-refractivity contribution >= 4 is 58.9 Å². The Labute approximate surface area is 288 Å². The number of amides is 2. The van der Waals surface area contributed by atoms with Gasteiger partial charge >= 0.3 is 0 Å². The number of anilines is 2. The first-order chi connectivity index (χ1) is 21.6. The first kappa shape index (κ1) is 37.3. The van der Waals surface area contributed by atoms with Crippen molar-refractivity contribution in [1.82, 2.24) is 14.5 Å². The maximum atomic E-state index is 13.2. The minimum absolute atomic E-state index is 0. The average molecular weight is 685 g/mol. The van der Waals surface area contributed by atoms with Crippen molar-refractivity contribution in [2.75, 3.05) is 50.2 Å². The molecular weight excluding hydrogens is 641 g/mol. The summed E-state index contributed by atoms with van der Waals surface area (Å²) in [5.41, 5.74) is 2.15. The Morgan fingerprint density at radius 3 is 2.28 bits per heavy atom. The SMILES string of the molecule is CCN1C(=O)C(C)(C)C(=O)N(C)c2cc(OCCCN(CCn3c(=O)ccc4cc(OC)ccc43)Cc3ccncc3)ccc21.Cl.Cl. The molecule has 1 aliphatic heterocycles. The number of fused-ring (bicyclic) bond motifs is 2. The molecule has 0 saturated heterocycles. The third-order valence-electron chi connectivity index (χ3n) is 8.41. The molecule has 0 bridgehead atoms. The molecule has 4 aromatic rings. The number of pyridine rings is 2. The molecule has 0 spiro atoms. The molecule has 0 N–H and O–H groups in total. The lowest BCUT2D eigenvalue weighted by molar-refractivity contribution is -0.137. The number of benzene rings is 2. The maximum absolute atomic E-state index is 13.2. The number of carbonyl (C=O) groups is 2. The number of halogens is 2. The fraction of sp³-hybridized carbons (Fsp3) is 0.371. The van der Waals surface area contributed by atoms with E-state index in [1.165, 1.54) is 0 Å². The summed E-state index contributed by atoms with van der Waals surface area (Å²) < 4.78 is 13.3. The van der Waals surface area contributed by atoms with Crippen LogP contribution >= 0.6 is 24.8 Å². The van der Waals surface area contributed by atoms with E-state index < -0.39 is 5.41 Å². The summed E-state index contributed by atoms with van der Waals surface area (Å²) in [4.78, 5) is 48.9. The van der Waals surface area contributed by atoms with Crippen molar-refractivity contribution in [3.63, 3.8) is 0 Å². The lowest BCUT2D eigenvalue weighted by atomic mass is 9.90. The van der Waals surface area contributed by atoms with E-state index in [1.807, 2.05) is 66.1 Å². The molecular formula is C35H43Cl2N5O5. The molecule has 3 heterocycles. The van der Waals surface area contributed by atoms with Crippen LogP contribution < -0.4 is 24.8 Å². The Bertz CT molecular complexity index is 1750. The van der Waals surface area contributed by atoms with E-state index in [-0.39, 0.29) is 42.2 Å². The Hall–Kier alpha value is -4.12. The minimum atomic E-state index is -1.16. The number of hydrogen-bond donors (Lipinski definition) is 0. The van der Waals surface area contributed by atoms with Crippen molar-refractivity contribution in [3.8, 4) is 11.5 Å². The van der Waals surface area contributed by atoms with E-state index in [2.05, 4.69) is 9.88 Å².